The van der Waals surface area contributed by atoms with E-state index in [0.717, 1.165) is 24.0 Å². The zero-order valence-electron chi connectivity index (χ0n) is 15.8. The minimum Gasteiger partial charge on any atom is -0.468 e. The molecule has 0 aliphatic carbocycles. The normalized spacial score (nSPS) is 15.2. The highest BCUT2D eigenvalue weighted by Crippen LogP contribution is 2.37. The van der Waals surface area contributed by atoms with Gasteiger partial charge in [0.05, 0.1) is 7.11 Å². The number of thiophene rings is 1. The van der Waals surface area contributed by atoms with Crippen LogP contribution in [0.5, 0.6) is 5.06 Å². The summed E-state index contributed by atoms with van der Waals surface area (Å²) < 4.78 is 10.4. The second-order valence-electron chi connectivity index (χ2n) is 6.41. The minimum atomic E-state index is -0.578. The lowest BCUT2D eigenvalue weighted by Gasteiger charge is -2.33. The van der Waals surface area contributed by atoms with Crippen molar-refractivity contribution in [3.8, 4) is 5.06 Å². The molecule has 0 amide bonds. The fourth-order valence-electron chi connectivity index (χ4n) is 3.23. The van der Waals surface area contributed by atoms with Crippen molar-refractivity contribution in [1.29, 1.82) is 0 Å². The van der Waals surface area contributed by atoms with Crippen LogP contribution in [0.2, 0.25) is 5.02 Å². The highest BCUT2D eigenvalue weighted by Gasteiger charge is 2.33. The van der Waals surface area contributed by atoms with Gasteiger partial charge in [0.2, 0.25) is 0 Å². The molecule has 0 fully saturated rings. The van der Waals surface area contributed by atoms with Crippen LogP contribution < -0.4 is 4.74 Å². The predicted octanol–water partition coefficient (Wildman–Crippen LogP) is 4.55. The van der Waals surface area contributed by atoms with Crippen LogP contribution in [-0.2, 0) is 27.3 Å². The lowest BCUT2D eigenvalue weighted by Crippen LogP contribution is -2.38. The Hall–Kier alpha value is -2.15. The number of carbonyl (C=O) groups is 2. The molecule has 1 aliphatic rings. The highest BCUT2D eigenvalue weighted by molar-refractivity contribution is 7.14. The quantitative estimate of drug-likeness (QED) is 0.508. The predicted molar refractivity (Wildman–Crippen MR) is 110 cm³/mol. The van der Waals surface area contributed by atoms with Gasteiger partial charge in [-0.25, -0.2) is 9.59 Å². The van der Waals surface area contributed by atoms with E-state index in [-0.39, 0.29) is 11.9 Å². The SMILES string of the molecule is CC/C=C/C(=O)Oc1cc2c(s1)CCN(C(C(=O)OC)c1ccccc1Cl)C2. The van der Waals surface area contributed by atoms with Crippen LogP contribution >= 0.6 is 22.9 Å². The molecular weight excluding hydrogens is 398 g/mol. The van der Waals surface area contributed by atoms with Gasteiger partial charge in [0.15, 0.2) is 5.06 Å². The zero-order chi connectivity index (χ0) is 20.1. The summed E-state index contributed by atoms with van der Waals surface area (Å²) in [6, 6.07) is 8.61. The molecule has 1 aromatic carbocycles. The number of rotatable bonds is 6. The van der Waals surface area contributed by atoms with Crippen molar-refractivity contribution in [2.45, 2.75) is 32.4 Å². The molecule has 2 aromatic rings. The summed E-state index contributed by atoms with van der Waals surface area (Å²) in [5.74, 6) is -0.719. The monoisotopic (exact) mass is 419 g/mol. The number of carbonyl (C=O) groups excluding carboxylic acids is 2. The molecule has 1 atom stereocenters. The van der Waals surface area contributed by atoms with E-state index in [1.54, 1.807) is 12.1 Å². The standard InChI is InChI=1S/C21H22ClNO4S/c1-3-4-9-18(24)27-19-12-14-13-23(11-10-17(14)28-19)20(21(25)26-2)15-7-5-6-8-16(15)22/h4-9,12,20H,3,10-11,13H2,1-2H3/b9-4+. The Bertz CT molecular complexity index is 892. The van der Waals surface area contributed by atoms with Crippen LogP contribution in [0.3, 0.4) is 0 Å². The van der Waals surface area contributed by atoms with Crippen LogP contribution in [0.4, 0.5) is 0 Å². The van der Waals surface area contributed by atoms with Crippen molar-refractivity contribution in [3.63, 3.8) is 0 Å². The first-order valence-corrected chi connectivity index (χ1v) is 10.3. The number of esters is 2. The van der Waals surface area contributed by atoms with Crippen LogP contribution in [0.1, 0.15) is 35.4 Å². The lowest BCUT2D eigenvalue weighted by atomic mass is 10.0. The van der Waals surface area contributed by atoms with Crippen molar-refractivity contribution in [2.75, 3.05) is 13.7 Å². The lowest BCUT2D eigenvalue weighted by molar-refractivity contribution is -0.147. The van der Waals surface area contributed by atoms with Gasteiger partial charge in [-0.05, 0) is 36.1 Å². The smallest absolute Gasteiger partial charge is 0.336 e. The van der Waals surface area contributed by atoms with Gasteiger partial charge in [0.1, 0.15) is 6.04 Å². The van der Waals surface area contributed by atoms with E-state index < -0.39 is 6.04 Å². The number of hydrogen-bond donors (Lipinski definition) is 0. The van der Waals surface area contributed by atoms with Crippen LogP contribution in [0.15, 0.2) is 42.5 Å². The molecule has 3 rings (SSSR count). The van der Waals surface area contributed by atoms with Gasteiger partial charge >= 0.3 is 11.9 Å². The van der Waals surface area contributed by atoms with Crippen molar-refractivity contribution >= 4 is 34.9 Å². The molecule has 0 N–H and O–H groups in total. The van der Waals surface area contributed by atoms with Crippen LogP contribution in [0.25, 0.3) is 0 Å². The third kappa shape index (κ3) is 4.63. The Morgan fingerprint density at radius 3 is 2.86 bits per heavy atom. The second kappa shape index (κ2) is 9.37. The molecule has 0 bridgehead atoms. The summed E-state index contributed by atoms with van der Waals surface area (Å²) in [4.78, 5) is 27.6. The Morgan fingerprint density at radius 2 is 2.14 bits per heavy atom. The van der Waals surface area contributed by atoms with Gasteiger partial charge in [-0.1, -0.05) is 42.8 Å². The van der Waals surface area contributed by atoms with E-state index in [2.05, 4.69) is 0 Å². The summed E-state index contributed by atoms with van der Waals surface area (Å²) in [6.45, 7) is 3.19. The number of hydrogen-bond acceptors (Lipinski definition) is 6. The molecule has 28 heavy (non-hydrogen) atoms. The molecular formula is C21H22ClNO4S. The number of benzene rings is 1. The molecule has 1 unspecified atom stereocenters. The third-order valence-electron chi connectivity index (χ3n) is 4.55. The molecule has 2 heterocycles. The number of methoxy groups -OCH3 is 1. The van der Waals surface area contributed by atoms with Crippen molar-refractivity contribution in [2.24, 2.45) is 0 Å². The topological polar surface area (TPSA) is 55.8 Å². The second-order valence-corrected chi connectivity index (χ2v) is 7.92. The summed E-state index contributed by atoms with van der Waals surface area (Å²) >= 11 is 7.82. The maximum Gasteiger partial charge on any atom is 0.336 e. The molecule has 0 radical (unpaired) electrons. The molecule has 0 saturated carbocycles. The summed E-state index contributed by atoms with van der Waals surface area (Å²) in [5.41, 5.74) is 1.78. The van der Waals surface area contributed by atoms with Gasteiger partial charge < -0.3 is 9.47 Å². The van der Waals surface area contributed by atoms with E-state index >= 15 is 0 Å². The van der Waals surface area contributed by atoms with Crippen LogP contribution in [0, 0.1) is 0 Å². The van der Waals surface area contributed by atoms with E-state index in [1.165, 1.54) is 29.4 Å². The van der Waals surface area contributed by atoms with Crippen molar-refractivity contribution in [1.82, 2.24) is 4.90 Å². The first-order chi connectivity index (χ1) is 13.5. The summed E-state index contributed by atoms with van der Waals surface area (Å²) in [5, 5.41) is 1.11. The Labute approximate surface area is 173 Å². The number of allylic oxidation sites excluding steroid dienone is 1. The third-order valence-corrected chi connectivity index (χ3v) is 6.01. The Morgan fingerprint density at radius 1 is 1.36 bits per heavy atom. The van der Waals surface area contributed by atoms with Gasteiger partial charge in [0, 0.05) is 29.1 Å². The molecule has 1 aromatic heterocycles. The number of halogens is 1. The van der Waals surface area contributed by atoms with Crippen LogP contribution in [-0.4, -0.2) is 30.5 Å². The van der Waals surface area contributed by atoms with E-state index in [9.17, 15) is 9.59 Å². The largest absolute Gasteiger partial charge is 0.468 e. The highest BCUT2D eigenvalue weighted by atomic mass is 35.5. The molecule has 7 heteroatoms. The molecule has 0 saturated heterocycles. The fourth-order valence-corrected chi connectivity index (χ4v) is 4.48. The number of ether oxygens (including phenoxy) is 2. The zero-order valence-corrected chi connectivity index (χ0v) is 17.4. The molecule has 148 valence electrons. The van der Waals surface area contributed by atoms with Gasteiger partial charge in [0.25, 0.3) is 0 Å². The first-order valence-electron chi connectivity index (χ1n) is 9.09. The summed E-state index contributed by atoms with van der Waals surface area (Å²) in [7, 11) is 1.38. The average molecular weight is 420 g/mol. The number of fused-ring (bicyclic) bond motifs is 1. The van der Waals surface area contributed by atoms with Gasteiger partial charge in [-0.2, -0.15) is 0 Å². The van der Waals surface area contributed by atoms with Crippen molar-refractivity contribution in [3.05, 3.63) is 63.5 Å². The first kappa shape index (κ1) is 20.6. The Balaban J connectivity index is 1.81. The summed E-state index contributed by atoms with van der Waals surface area (Å²) in [6.07, 6.45) is 4.75. The minimum absolute atomic E-state index is 0.344. The fraction of sp³-hybridized carbons (Fsp3) is 0.333. The maximum atomic E-state index is 12.5. The average Bonchev–Trinajstić information content (AvgIpc) is 3.09. The number of nitrogens with zero attached hydrogens (tertiary/aromatic N) is 1. The van der Waals surface area contributed by atoms with E-state index in [1.807, 2.05) is 36.1 Å². The molecule has 0 spiro atoms. The van der Waals surface area contributed by atoms with Crippen molar-refractivity contribution < 1.29 is 19.1 Å². The Kier molecular flexibility index (Phi) is 6.88. The van der Waals surface area contributed by atoms with E-state index in [4.69, 9.17) is 21.1 Å². The van der Waals surface area contributed by atoms with Gasteiger partial charge in [-0.15, -0.1) is 11.3 Å². The maximum absolute atomic E-state index is 12.5. The van der Waals surface area contributed by atoms with E-state index in [0.29, 0.717) is 23.2 Å². The molecule has 1 aliphatic heterocycles. The van der Waals surface area contributed by atoms with Gasteiger partial charge in [-0.3, -0.25) is 4.90 Å². The molecule has 5 nitrogen and oxygen atoms in total.